The Hall–Kier alpha value is -0.150. The number of hydrogen-bond acceptors (Lipinski definition) is 4. The van der Waals surface area contributed by atoms with E-state index in [-0.39, 0.29) is 6.15 Å². The Morgan fingerprint density at radius 1 is 0.846 bits per heavy atom. The van der Waals surface area contributed by atoms with Crippen LogP contribution in [0.5, 0.6) is 0 Å². The third-order valence-corrected chi connectivity index (χ3v) is 1.09. The molecule has 0 aliphatic rings. The lowest BCUT2D eigenvalue weighted by Gasteiger charge is -2.13. The standard InChI is InChI=1S/C2HF6O3P.H3N/c3-1(4,5)10-12(9)11-2(6,7)8;/h9H;1H3. The van der Waals surface area contributed by atoms with E-state index in [4.69, 9.17) is 4.89 Å². The van der Waals surface area contributed by atoms with Crippen molar-refractivity contribution in [1.82, 2.24) is 6.15 Å². The molecule has 13 heavy (non-hydrogen) atoms. The first-order valence-corrected chi connectivity index (χ1v) is 3.24. The molecule has 0 aliphatic carbocycles. The summed E-state index contributed by atoms with van der Waals surface area (Å²) in [7, 11) is -4.01. The highest BCUT2D eigenvalue weighted by atomic mass is 31.2. The highest BCUT2D eigenvalue weighted by molar-refractivity contribution is 7.40. The Morgan fingerprint density at radius 2 is 1.08 bits per heavy atom. The second-order valence-corrected chi connectivity index (χ2v) is 2.15. The van der Waals surface area contributed by atoms with E-state index >= 15 is 0 Å². The van der Waals surface area contributed by atoms with Gasteiger partial charge in [0.25, 0.3) is 0 Å². The van der Waals surface area contributed by atoms with E-state index in [1.54, 1.807) is 0 Å². The second kappa shape index (κ2) is 4.91. The van der Waals surface area contributed by atoms with Crippen LogP contribution < -0.4 is 6.15 Å². The van der Waals surface area contributed by atoms with Crippen LogP contribution in [0.4, 0.5) is 26.3 Å². The van der Waals surface area contributed by atoms with Gasteiger partial charge in [0.15, 0.2) is 0 Å². The number of hydrogen-bond donors (Lipinski definition) is 2. The van der Waals surface area contributed by atoms with Gasteiger partial charge in [-0.3, -0.25) is 0 Å². The number of halogens is 6. The quantitative estimate of drug-likeness (QED) is 0.569. The van der Waals surface area contributed by atoms with Gasteiger partial charge in [0, 0.05) is 0 Å². The van der Waals surface area contributed by atoms with Crippen molar-refractivity contribution < 1.29 is 40.3 Å². The fraction of sp³-hybridized carbons (Fsp3) is 1.00. The van der Waals surface area contributed by atoms with E-state index in [0.717, 1.165) is 0 Å². The Bertz CT molecular complexity index is 130. The van der Waals surface area contributed by atoms with Crippen LogP contribution in [0.15, 0.2) is 0 Å². The molecular weight excluding hydrogens is 231 g/mol. The van der Waals surface area contributed by atoms with Crippen molar-refractivity contribution in [2.24, 2.45) is 0 Å². The minimum absolute atomic E-state index is 0. The fourth-order valence-electron chi connectivity index (χ4n) is 0.196. The lowest BCUT2D eigenvalue weighted by molar-refractivity contribution is -0.307. The van der Waals surface area contributed by atoms with Crippen LogP contribution in [0.25, 0.3) is 0 Å². The van der Waals surface area contributed by atoms with E-state index in [1.165, 1.54) is 0 Å². The van der Waals surface area contributed by atoms with Gasteiger partial charge < -0.3 is 11.0 Å². The van der Waals surface area contributed by atoms with Crippen molar-refractivity contribution >= 4 is 8.60 Å². The average Bonchev–Trinajstić information content (AvgIpc) is 1.49. The summed E-state index contributed by atoms with van der Waals surface area (Å²) in [5.41, 5.74) is 0. The van der Waals surface area contributed by atoms with Gasteiger partial charge in [-0.05, 0) is 0 Å². The van der Waals surface area contributed by atoms with Crippen molar-refractivity contribution in [3.63, 3.8) is 0 Å². The molecule has 0 aromatic carbocycles. The molecule has 0 heterocycles. The first kappa shape index (κ1) is 15.3. The first-order valence-electron chi connectivity index (χ1n) is 2.11. The summed E-state index contributed by atoms with van der Waals surface area (Å²) in [6, 6.07) is 0. The molecule has 0 amide bonds. The molecular formula is C2H4F6NO3P. The van der Waals surface area contributed by atoms with E-state index in [0.29, 0.717) is 0 Å². The van der Waals surface area contributed by atoms with Gasteiger partial charge in [-0.1, -0.05) is 0 Å². The second-order valence-electron chi connectivity index (χ2n) is 1.31. The van der Waals surface area contributed by atoms with Crippen LogP contribution in [0, 0.1) is 0 Å². The van der Waals surface area contributed by atoms with E-state index < -0.39 is 21.3 Å². The average molecular weight is 235 g/mol. The molecule has 0 aromatic rings. The number of alkyl halides is 6. The molecule has 0 rings (SSSR count). The van der Waals surface area contributed by atoms with Crippen molar-refractivity contribution in [3.05, 3.63) is 0 Å². The normalized spacial score (nSPS) is 12.9. The maximum absolute atomic E-state index is 11.1. The topological polar surface area (TPSA) is 73.7 Å². The zero-order valence-electron chi connectivity index (χ0n) is 5.69. The summed E-state index contributed by atoms with van der Waals surface area (Å²) in [5.74, 6) is 0. The van der Waals surface area contributed by atoms with Crippen molar-refractivity contribution in [3.8, 4) is 0 Å². The molecule has 4 nitrogen and oxygen atoms in total. The maximum atomic E-state index is 11.1. The SMILES string of the molecule is N.OP(OC(F)(F)F)OC(F)(F)F. The van der Waals surface area contributed by atoms with Crippen molar-refractivity contribution in [2.45, 2.75) is 12.7 Å². The minimum atomic E-state index is -5.36. The summed E-state index contributed by atoms with van der Waals surface area (Å²) in [5, 5.41) is 0. The van der Waals surface area contributed by atoms with Crippen LogP contribution in [0.1, 0.15) is 0 Å². The van der Waals surface area contributed by atoms with Crippen LogP contribution in [0.3, 0.4) is 0 Å². The largest absolute Gasteiger partial charge is 0.529 e. The van der Waals surface area contributed by atoms with Gasteiger partial charge in [-0.15, -0.1) is 26.3 Å². The van der Waals surface area contributed by atoms with Crippen LogP contribution in [0.2, 0.25) is 0 Å². The molecule has 0 bridgehead atoms. The van der Waals surface area contributed by atoms with E-state index in [1.807, 2.05) is 0 Å². The third-order valence-electron chi connectivity index (χ3n) is 0.363. The highest BCUT2D eigenvalue weighted by Crippen LogP contribution is 2.45. The predicted molar refractivity (Wildman–Crippen MR) is 28.4 cm³/mol. The van der Waals surface area contributed by atoms with Crippen molar-refractivity contribution in [1.29, 1.82) is 0 Å². The Labute approximate surface area is 69.0 Å². The zero-order chi connectivity index (χ0) is 9.99. The van der Waals surface area contributed by atoms with Gasteiger partial charge in [-0.2, -0.15) is 0 Å². The van der Waals surface area contributed by atoms with Gasteiger partial charge in [0.2, 0.25) is 0 Å². The molecule has 4 N–H and O–H groups in total. The van der Waals surface area contributed by atoms with E-state index in [2.05, 4.69) is 9.05 Å². The molecule has 82 valence electrons. The Balaban J connectivity index is 0. The summed E-state index contributed by atoms with van der Waals surface area (Å²) in [6.07, 6.45) is -10.7. The molecule has 0 aliphatic heterocycles. The van der Waals surface area contributed by atoms with Gasteiger partial charge in [0.1, 0.15) is 0 Å². The summed E-state index contributed by atoms with van der Waals surface area (Å²) in [6.45, 7) is 0. The predicted octanol–water partition coefficient (Wildman–Crippen LogP) is 2.44. The lowest BCUT2D eigenvalue weighted by atomic mass is 11.4. The molecule has 0 fully saturated rings. The third kappa shape index (κ3) is 11.9. The van der Waals surface area contributed by atoms with Gasteiger partial charge in [-0.25, -0.2) is 9.05 Å². The molecule has 0 unspecified atom stereocenters. The summed E-state index contributed by atoms with van der Waals surface area (Å²) in [4.78, 5) is 7.90. The van der Waals surface area contributed by atoms with Crippen LogP contribution in [-0.2, 0) is 9.05 Å². The monoisotopic (exact) mass is 235 g/mol. The molecule has 0 saturated heterocycles. The molecule has 11 heteroatoms. The van der Waals surface area contributed by atoms with Crippen LogP contribution >= 0.6 is 8.60 Å². The molecule has 0 spiro atoms. The molecule has 0 atom stereocenters. The molecule has 0 aromatic heterocycles. The van der Waals surface area contributed by atoms with Gasteiger partial charge >= 0.3 is 21.3 Å². The highest BCUT2D eigenvalue weighted by Gasteiger charge is 2.41. The fourth-order valence-corrected chi connectivity index (χ4v) is 0.587. The molecule has 0 saturated carbocycles. The smallest absolute Gasteiger partial charge is 0.344 e. The summed E-state index contributed by atoms with van der Waals surface area (Å²) >= 11 is 0. The van der Waals surface area contributed by atoms with Gasteiger partial charge in [0.05, 0.1) is 0 Å². The zero-order valence-corrected chi connectivity index (χ0v) is 6.58. The Kier molecular flexibility index (Phi) is 5.79. The summed E-state index contributed by atoms with van der Waals surface area (Å²) < 4.78 is 71.4. The Morgan fingerprint density at radius 3 is 1.23 bits per heavy atom. The van der Waals surface area contributed by atoms with Crippen molar-refractivity contribution in [2.75, 3.05) is 0 Å². The molecule has 0 radical (unpaired) electrons. The number of rotatable bonds is 2. The minimum Gasteiger partial charge on any atom is -0.344 e. The first-order chi connectivity index (χ1) is 5.10. The maximum Gasteiger partial charge on any atom is 0.529 e. The lowest BCUT2D eigenvalue weighted by Crippen LogP contribution is -2.15. The van der Waals surface area contributed by atoms with E-state index in [9.17, 15) is 26.3 Å². The van der Waals surface area contributed by atoms with Crippen LogP contribution in [-0.4, -0.2) is 17.6 Å².